The highest BCUT2D eigenvalue weighted by Gasteiger charge is 2.38. The van der Waals surface area contributed by atoms with Gasteiger partial charge >= 0.3 is 5.97 Å². The molecule has 0 aromatic rings. The van der Waals surface area contributed by atoms with Crippen LogP contribution in [0.4, 0.5) is 0 Å². The van der Waals surface area contributed by atoms with Crippen molar-refractivity contribution in [2.45, 2.75) is 70.3 Å². The van der Waals surface area contributed by atoms with Gasteiger partial charge in [-0.3, -0.25) is 9.59 Å². The maximum Gasteiger partial charge on any atom is 0.303 e. The zero-order valence-corrected chi connectivity index (χ0v) is 13.0. The number of amides is 1. The van der Waals surface area contributed by atoms with Gasteiger partial charge in [0.1, 0.15) is 0 Å². The van der Waals surface area contributed by atoms with Crippen LogP contribution < -0.4 is 5.32 Å². The smallest absolute Gasteiger partial charge is 0.303 e. The van der Waals surface area contributed by atoms with Crippen LogP contribution in [0.5, 0.6) is 0 Å². The minimum absolute atomic E-state index is 0.0221. The SMILES string of the molecule is CC1(NC(=O)CC2(CC(=O)O)CCCCC2)CCCOC1. The van der Waals surface area contributed by atoms with Crippen LogP contribution in [0.1, 0.15) is 64.7 Å². The fourth-order valence-electron chi connectivity index (χ4n) is 3.79. The average Bonchev–Trinajstić information content (AvgIpc) is 2.38. The van der Waals surface area contributed by atoms with Crippen molar-refractivity contribution in [2.24, 2.45) is 5.41 Å². The second-order valence-corrected chi connectivity index (χ2v) is 7.07. The molecule has 1 amide bonds. The van der Waals surface area contributed by atoms with Crippen LogP contribution in [0.2, 0.25) is 0 Å². The quantitative estimate of drug-likeness (QED) is 0.817. The van der Waals surface area contributed by atoms with Crippen LogP contribution in [-0.4, -0.2) is 35.7 Å². The topological polar surface area (TPSA) is 75.6 Å². The first kappa shape index (κ1) is 16.3. The predicted octanol–water partition coefficient (Wildman–Crippen LogP) is 2.49. The molecule has 2 fully saturated rings. The maximum atomic E-state index is 12.4. The summed E-state index contributed by atoms with van der Waals surface area (Å²) in [4.78, 5) is 23.6. The van der Waals surface area contributed by atoms with Gasteiger partial charge in [-0.1, -0.05) is 19.3 Å². The number of carbonyl (C=O) groups is 2. The first-order valence-electron chi connectivity index (χ1n) is 8.04. The van der Waals surface area contributed by atoms with Crippen LogP contribution in [0.3, 0.4) is 0 Å². The molecular weight excluding hydrogens is 270 g/mol. The van der Waals surface area contributed by atoms with Gasteiger partial charge in [0.25, 0.3) is 0 Å². The molecule has 1 saturated carbocycles. The van der Waals surface area contributed by atoms with Crippen molar-refractivity contribution in [3.05, 3.63) is 0 Å². The molecule has 0 aromatic heterocycles. The van der Waals surface area contributed by atoms with Crippen LogP contribution in [0.25, 0.3) is 0 Å². The van der Waals surface area contributed by atoms with Gasteiger partial charge in [-0.2, -0.15) is 0 Å². The van der Waals surface area contributed by atoms with E-state index >= 15 is 0 Å². The molecule has 120 valence electrons. The number of carboxylic acid groups (broad SMARTS) is 1. The third kappa shape index (κ3) is 4.70. The maximum absolute atomic E-state index is 12.4. The highest BCUT2D eigenvalue weighted by atomic mass is 16.5. The van der Waals surface area contributed by atoms with Crippen molar-refractivity contribution in [3.63, 3.8) is 0 Å². The third-order valence-electron chi connectivity index (χ3n) is 4.86. The van der Waals surface area contributed by atoms with E-state index < -0.39 is 5.97 Å². The number of carbonyl (C=O) groups excluding carboxylic acids is 1. The summed E-state index contributed by atoms with van der Waals surface area (Å²) in [7, 11) is 0. The monoisotopic (exact) mass is 297 g/mol. The fraction of sp³-hybridized carbons (Fsp3) is 0.875. The molecule has 2 aliphatic rings. The number of nitrogens with one attached hydrogen (secondary N) is 1. The predicted molar refractivity (Wildman–Crippen MR) is 79.0 cm³/mol. The lowest BCUT2D eigenvalue weighted by atomic mass is 9.69. The lowest BCUT2D eigenvalue weighted by molar-refractivity contribution is -0.141. The average molecular weight is 297 g/mol. The summed E-state index contributed by atoms with van der Waals surface area (Å²) in [5.41, 5.74) is -0.644. The van der Waals surface area contributed by atoms with Crippen LogP contribution >= 0.6 is 0 Å². The highest BCUT2D eigenvalue weighted by molar-refractivity contribution is 5.78. The first-order chi connectivity index (χ1) is 9.93. The Morgan fingerprint density at radius 3 is 2.38 bits per heavy atom. The highest BCUT2D eigenvalue weighted by Crippen LogP contribution is 2.42. The van der Waals surface area contributed by atoms with Gasteiger partial charge in [0.05, 0.1) is 18.6 Å². The zero-order valence-electron chi connectivity index (χ0n) is 13.0. The number of rotatable bonds is 5. The summed E-state index contributed by atoms with van der Waals surface area (Å²) in [6.45, 7) is 3.31. The van der Waals surface area contributed by atoms with Crippen molar-refractivity contribution >= 4 is 11.9 Å². The third-order valence-corrected chi connectivity index (χ3v) is 4.86. The van der Waals surface area contributed by atoms with Crippen molar-refractivity contribution in [3.8, 4) is 0 Å². The largest absolute Gasteiger partial charge is 0.481 e. The molecule has 1 heterocycles. The van der Waals surface area contributed by atoms with E-state index in [1.165, 1.54) is 0 Å². The lowest BCUT2D eigenvalue weighted by Crippen LogP contribution is -2.52. The summed E-state index contributed by atoms with van der Waals surface area (Å²) >= 11 is 0. The molecule has 1 atom stereocenters. The van der Waals surface area contributed by atoms with Crippen molar-refractivity contribution < 1.29 is 19.4 Å². The van der Waals surface area contributed by atoms with Gasteiger partial charge in [0, 0.05) is 13.0 Å². The van der Waals surface area contributed by atoms with Gasteiger partial charge in [0.2, 0.25) is 5.91 Å². The Morgan fingerprint density at radius 2 is 1.81 bits per heavy atom. The molecule has 5 nitrogen and oxygen atoms in total. The Bertz CT molecular complexity index is 382. The molecule has 0 radical (unpaired) electrons. The van der Waals surface area contributed by atoms with Gasteiger partial charge in [-0.25, -0.2) is 0 Å². The van der Waals surface area contributed by atoms with E-state index in [0.29, 0.717) is 13.0 Å². The van der Waals surface area contributed by atoms with Gasteiger partial charge in [0.15, 0.2) is 0 Å². The van der Waals surface area contributed by atoms with E-state index in [9.17, 15) is 9.59 Å². The minimum atomic E-state index is -0.795. The number of ether oxygens (including phenoxy) is 1. The van der Waals surface area contributed by atoms with E-state index in [0.717, 1.165) is 51.6 Å². The minimum Gasteiger partial charge on any atom is -0.481 e. The lowest BCUT2D eigenvalue weighted by Gasteiger charge is -2.38. The number of hydrogen-bond donors (Lipinski definition) is 2. The standard InChI is InChI=1S/C16H27NO4/c1-15(6-5-9-21-12-15)17-13(18)10-16(11-14(19)20)7-3-2-4-8-16/h2-12H2,1H3,(H,17,18)(H,19,20). The number of aliphatic carboxylic acids is 1. The zero-order chi connectivity index (χ0) is 15.3. The van der Waals surface area contributed by atoms with E-state index in [-0.39, 0.29) is 23.3 Å². The Morgan fingerprint density at radius 1 is 1.10 bits per heavy atom. The second kappa shape index (κ2) is 6.77. The van der Waals surface area contributed by atoms with Gasteiger partial charge in [-0.05, 0) is 38.0 Å². The number of hydrogen-bond acceptors (Lipinski definition) is 3. The summed E-state index contributed by atoms with van der Waals surface area (Å²) in [6, 6.07) is 0. The summed E-state index contributed by atoms with van der Waals surface area (Å²) in [5.74, 6) is -0.817. The van der Waals surface area contributed by atoms with Gasteiger partial charge < -0.3 is 15.2 Å². The molecule has 21 heavy (non-hydrogen) atoms. The molecule has 1 unspecified atom stereocenters. The van der Waals surface area contributed by atoms with Crippen molar-refractivity contribution in [1.29, 1.82) is 0 Å². The molecular formula is C16H27NO4. The molecule has 2 rings (SSSR count). The summed E-state index contributed by atoms with van der Waals surface area (Å²) < 4.78 is 5.46. The summed E-state index contributed by atoms with van der Waals surface area (Å²) in [6.07, 6.45) is 7.21. The fourth-order valence-corrected chi connectivity index (χ4v) is 3.79. The molecule has 2 N–H and O–H groups in total. The Hall–Kier alpha value is -1.10. The Kier molecular flexibility index (Phi) is 5.25. The van der Waals surface area contributed by atoms with E-state index in [1.807, 2.05) is 6.92 Å². The molecule has 0 bridgehead atoms. The molecule has 1 aliphatic heterocycles. The summed E-state index contributed by atoms with van der Waals surface area (Å²) in [5, 5.41) is 12.2. The molecule has 0 aromatic carbocycles. The normalized spacial score (nSPS) is 28.8. The molecule has 1 saturated heterocycles. The first-order valence-corrected chi connectivity index (χ1v) is 8.04. The van der Waals surface area contributed by atoms with Crippen molar-refractivity contribution in [1.82, 2.24) is 5.32 Å². The van der Waals surface area contributed by atoms with E-state index in [4.69, 9.17) is 9.84 Å². The van der Waals surface area contributed by atoms with E-state index in [2.05, 4.69) is 5.32 Å². The second-order valence-electron chi connectivity index (χ2n) is 7.07. The van der Waals surface area contributed by atoms with Crippen molar-refractivity contribution in [2.75, 3.05) is 13.2 Å². The molecule has 1 aliphatic carbocycles. The van der Waals surface area contributed by atoms with E-state index in [1.54, 1.807) is 0 Å². The Balaban J connectivity index is 1.95. The van der Waals surface area contributed by atoms with Crippen LogP contribution in [0.15, 0.2) is 0 Å². The van der Waals surface area contributed by atoms with Crippen LogP contribution in [0, 0.1) is 5.41 Å². The molecule has 0 spiro atoms. The van der Waals surface area contributed by atoms with Gasteiger partial charge in [-0.15, -0.1) is 0 Å². The number of carboxylic acids is 1. The Labute approximate surface area is 126 Å². The van der Waals surface area contributed by atoms with Crippen LogP contribution in [-0.2, 0) is 14.3 Å². The molecule has 5 heteroatoms.